The lowest BCUT2D eigenvalue weighted by atomic mass is 9.92. The standard InChI is InChI=1S/C23H18BrIN4O5S2/c1-23(22(31)32,12-13-4-2-5-14(24)10-13)26-21(30)16-9-8-15(25)11-18(16)29-36(33,34)19-7-3-6-17-20(19)28-35-27-17/h2-11,29H,12H2,1H3,(H,26,30)(H,31,32). The van der Waals surface area contributed by atoms with Crippen molar-refractivity contribution < 1.29 is 23.1 Å². The molecule has 0 spiro atoms. The van der Waals surface area contributed by atoms with Crippen LogP contribution in [0.15, 0.2) is 70.0 Å². The average Bonchev–Trinajstić information content (AvgIpc) is 3.27. The van der Waals surface area contributed by atoms with Crippen molar-refractivity contribution in [2.75, 3.05) is 4.72 Å². The molecule has 0 saturated carbocycles. The summed E-state index contributed by atoms with van der Waals surface area (Å²) in [5, 5.41) is 12.5. The number of rotatable bonds is 8. The lowest BCUT2D eigenvalue weighted by Crippen LogP contribution is -2.53. The number of carboxylic acids is 1. The Morgan fingerprint density at radius 3 is 2.58 bits per heavy atom. The first-order valence-electron chi connectivity index (χ1n) is 10.3. The molecular formula is C23H18BrIN4O5S2. The number of sulfonamides is 1. The lowest BCUT2D eigenvalue weighted by Gasteiger charge is -2.27. The third-order valence-electron chi connectivity index (χ3n) is 5.32. The molecule has 4 rings (SSSR count). The van der Waals surface area contributed by atoms with Crippen LogP contribution in [0, 0.1) is 3.57 Å². The fourth-order valence-electron chi connectivity index (χ4n) is 3.54. The minimum absolute atomic E-state index is 0.00906. The second kappa shape index (κ2) is 10.4. The molecular weight excluding hydrogens is 683 g/mol. The van der Waals surface area contributed by atoms with Crippen LogP contribution >= 0.6 is 50.2 Å². The largest absolute Gasteiger partial charge is 0.480 e. The molecule has 1 atom stereocenters. The van der Waals surface area contributed by atoms with Crippen LogP contribution in [0.2, 0.25) is 0 Å². The molecule has 9 nitrogen and oxygen atoms in total. The normalized spacial score (nSPS) is 13.2. The number of carboxylic acid groups (broad SMARTS) is 1. The number of fused-ring (bicyclic) bond motifs is 1. The van der Waals surface area contributed by atoms with Crippen LogP contribution < -0.4 is 10.0 Å². The summed E-state index contributed by atoms with van der Waals surface area (Å²) in [6.45, 7) is 1.40. The number of aliphatic carboxylic acids is 1. The summed E-state index contributed by atoms with van der Waals surface area (Å²) in [7, 11) is -4.15. The van der Waals surface area contributed by atoms with Gasteiger partial charge in [-0.15, -0.1) is 0 Å². The van der Waals surface area contributed by atoms with E-state index in [1.54, 1.807) is 36.4 Å². The van der Waals surface area contributed by atoms with Crippen LogP contribution in [0.3, 0.4) is 0 Å². The van der Waals surface area contributed by atoms with Gasteiger partial charge in [-0.1, -0.05) is 34.1 Å². The molecule has 1 heterocycles. The summed E-state index contributed by atoms with van der Waals surface area (Å²) in [6.07, 6.45) is 0.0117. The molecule has 36 heavy (non-hydrogen) atoms. The van der Waals surface area contributed by atoms with E-state index in [1.807, 2.05) is 28.7 Å². The third-order valence-corrected chi connectivity index (χ3v) is 8.42. The van der Waals surface area contributed by atoms with E-state index in [9.17, 15) is 23.1 Å². The van der Waals surface area contributed by atoms with Gasteiger partial charge in [0.05, 0.1) is 23.0 Å². The van der Waals surface area contributed by atoms with Gasteiger partial charge in [-0.2, -0.15) is 8.75 Å². The molecule has 1 unspecified atom stereocenters. The Morgan fingerprint density at radius 1 is 1.11 bits per heavy atom. The van der Waals surface area contributed by atoms with E-state index in [4.69, 9.17) is 0 Å². The maximum atomic E-state index is 13.3. The number of nitrogens with zero attached hydrogens (tertiary/aromatic N) is 2. The van der Waals surface area contributed by atoms with Crippen LogP contribution in [0.5, 0.6) is 0 Å². The van der Waals surface area contributed by atoms with Gasteiger partial charge >= 0.3 is 5.97 Å². The fourth-order valence-corrected chi connectivity index (χ4v) is 6.32. The summed E-state index contributed by atoms with van der Waals surface area (Å²) < 4.78 is 38.6. The highest BCUT2D eigenvalue weighted by molar-refractivity contribution is 14.1. The van der Waals surface area contributed by atoms with Gasteiger partial charge < -0.3 is 10.4 Å². The Morgan fingerprint density at radius 2 is 1.86 bits per heavy atom. The van der Waals surface area contributed by atoms with Gasteiger partial charge in [0.1, 0.15) is 21.5 Å². The van der Waals surface area contributed by atoms with E-state index >= 15 is 0 Å². The highest BCUT2D eigenvalue weighted by Crippen LogP contribution is 2.27. The third kappa shape index (κ3) is 5.68. The summed E-state index contributed by atoms with van der Waals surface area (Å²) in [5.74, 6) is -1.97. The molecule has 0 radical (unpaired) electrons. The molecule has 0 aliphatic heterocycles. The Labute approximate surface area is 233 Å². The molecule has 0 saturated heterocycles. The highest BCUT2D eigenvalue weighted by atomic mass is 127. The predicted octanol–water partition coefficient (Wildman–Crippen LogP) is 4.68. The van der Waals surface area contributed by atoms with E-state index in [0.717, 1.165) is 16.2 Å². The zero-order valence-electron chi connectivity index (χ0n) is 18.5. The Bertz CT molecular complexity index is 1590. The van der Waals surface area contributed by atoms with E-state index in [0.29, 0.717) is 14.7 Å². The van der Waals surface area contributed by atoms with Gasteiger partial charge in [0.2, 0.25) is 0 Å². The van der Waals surface area contributed by atoms with Gasteiger partial charge in [0.25, 0.3) is 15.9 Å². The maximum absolute atomic E-state index is 13.3. The number of aromatic nitrogens is 2. The first-order chi connectivity index (χ1) is 17.0. The SMILES string of the molecule is CC(Cc1cccc(Br)c1)(NC(=O)c1ccc(I)cc1NS(=O)(=O)c1cccc2nsnc12)C(=O)O. The second-order valence-corrected chi connectivity index (χ2v) is 12.4. The number of hydrogen-bond acceptors (Lipinski definition) is 7. The van der Waals surface area contributed by atoms with Crippen molar-refractivity contribution >= 4 is 88.9 Å². The molecule has 186 valence electrons. The summed E-state index contributed by atoms with van der Waals surface area (Å²) in [6, 6.07) is 16.3. The van der Waals surface area contributed by atoms with Gasteiger partial charge in [0, 0.05) is 14.5 Å². The number of carbonyl (C=O) groups is 2. The van der Waals surface area contributed by atoms with Crippen molar-refractivity contribution in [1.29, 1.82) is 0 Å². The van der Waals surface area contributed by atoms with Gasteiger partial charge in [-0.3, -0.25) is 9.52 Å². The van der Waals surface area contributed by atoms with Crippen LogP contribution in [0.1, 0.15) is 22.8 Å². The van der Waals surface area contributed by atoms with Crippen molar-refractivity contribution in [3.63, 3.8) is 0 Å². The van der Waals surface area contributed by atoms with Gasteiger partial charge in [-0.25, -0.2) is 13.2 Å². The number of hydrogen-bond donors (Lipinski definition) is 3. The van der Waals surface area contributed by atoms with Crippen molar-refractivity contribution in [2.24, 2.45) is 0 Å². The number of halogens is 2. The summed E-state index contributed by atoms with van der Waals surface area (Å²) in [5.41, 5.74) is -0.316. The van der Waals surface area contributed by atoms with Crippen molar-refractivity contribution in [3.05, 3.63) is 79.8 Å². The minimum atomic E-state index is -4.15. The van der Waals surface area contributed by atoms with E-state index in [-0.39, 0.29) is 28.1 Å². The topological polar surface area (TPSA) is 138 Å². The molecule has 3 N–H and O–H groups in total. The first kappa shape index (κ1) is 26.4. The number of nitrogens with one attached hydrogen (secondary N) is 2. The summed E-state index contributed by atoms with van der Waals surface area (Å²) in [4.78, 5) is 25.4. The quantitative estimate of drug-likeness (QED) is 0.227. The first-order valence-corrected chi connectivity index (χ1v) is 14.4. The predicted molar refractivity (Wildman–Crippen MR) is 149 cm³/mol. The number of carbonyl (C=O) groups excluding carboxylic acids is 1. The molecule has 4 aromatic rings. The van der Waals surface area contributed by atoms with Crippen LogP contribution in [0.4, 0.5) is 5.69 Å². The Hall–Kier alpha value is -2.62. The van der Waals surface area contributed by atoms with Crippen LogP contribution in [-0.2, 0) is 21.2 Å². The molecule has 13 heteroatoms. The van der Waals surface area contributed by atoms with Gasteiger partial charge in [-0.05, 0) is 77.5 Å². The Kier molecular flexibility index (Phi) is 7.64. The maximum Gasteiger partial charge on any atom is 0.329 e. The lowest BCUT2D eigenvalue weighted by molar-refractivity contribution is -0.143. The van der Waals surface area contributed by atoms with Crippen LogP contribution in [-0.4, -0.2) is 39.7 Å². The molecule has 0 aliphatic carbocycles. The van der Waals surface area contributed by atoms with Crippen molar-refractivity contribution in [1.82, 2.24) is 14.1 Å². The molecule has 0 aliphatic rings. The van der Waals surface area contributed by atoms with Crippen LogP contribution in [0.25, 0.3) is 11.0 Å². The van der Waals surface area contributed by atoms with Crippen molar-refractivity contribution in [3.8, 4) is 0 Å². The molecule has 1 amide bonds. The number of amides is 1. The van der Waals surface area contributed by atoms with E-state index in [1.165, 1.54) is 25.1 Å². The smallest absolute Gasteiger partial charge is 0.329 e. The van der Waals surface area contributed by atoms with E-state index in [2.05, 4.69) is 34.7 Å². The van der Waals surface area contributed by atoms with Gasteiger partial charge in [0.15, 0.2) is 0 Å². The minimum Gasteiger partial charge on any atom is -0.480 e. The average molecular weight is 701 g/mol. The highest BCUT2D eigenvalue weighted by Gasteiger charge is 2.36. The Balaban J connectivity index is 1.67. The molecule has 3 aromatic carbocycles. The molecule has 0 bridgehead atoms. The number of benzene rings is 3. The monoisotopic (exact) mass is 700 g/mol. The zero-order valence-corrected chi connectivity index (χ0v) is 23.9. The summed E-state index contributed by atoms with van der Waals surface area (Å²) >= 11 is 6.25. The van der Waals surface area contributed by atoms with E-state index < -0.39 is 27.4 Å². The fraction of sp³-hybridized carbons (Fsp3) is 0.130. The zero-order chi connectivity index (χ0) is 26.1. The second-order valence-electron chi connectivity index (χ2n) is 8.08. The number of anilines is 1. The van der Waals surface area contributed by atoms with Crippen molar-refractivity contribution in [2.45, 2.75) is 23.8 Å². The molecule has 1 aromatic heterocycles. The molecule has 0 fully saturated rings.